The number of aliphatic hydroxyl groups is 1. The number of rotatable bonds is 7. The van der Waals surface area contributed by atoms with E-state index in [9.17, 15) is 0 Å². The van der Waals surface area contributed by atoms with Crippen LogP contribution in [-0.4, -0.2) is 29.8 Å². The second kappa shape index (κ2) is 7.48. The number of nitrogens with two attached hydrogens (primary N) is 1. The monoisotopic (exact) mass is 257 g/mol. The highest BCUT2D eigenvalue weighted by Gasteiger charge is 2.13. The summed E-state index contributed by atoms with van der Waals surface area (Å²) in [4.78, 5) is 6.29. The highest BCUT2D eigenvalue weighted by atomic mass is 35.5. The van der Waals surface area contributed by atoms with E-state index in [2.05, 4.69) is 11.9 Å². The zero-order valence-electron chi connectivity index (χ0n) is 10.2. The van der Waals surface area contributed by atoms with E-state index in [0.717, 1.165) is 30.8 Å². The summed E-state index contributed by atoms with van der Waals surface area (Å²) in [5.41, 5.74) is 6.50. The number of aliphatic hydroxyl groups excluding tert-OH is 1. The fourth-order valence-electron chi connectivity index (χ4n) is 1.64. The summed E-state index contributed by atoms with van der Waals surface area (Å²) < 4.78 is 0. The molecular formula is C12H20ClN3O. The normalized spacial score (nSPS) is 10.6. The number of hydrogen-bond acceptors (Lipinski definition) is 4. The van der Waals surface area contributed by atoms with Gasteiger partial charge in [-0.3, -0.25) is 0 Å². The number of hydrogen-bond donors (Lipinski definition) is 2. The molecule has 0 spiro atoms. The summed E-state index contributed by atoms with van der Waals surface area (Å²) in [6.45, 7) is 4.00. The Morgan fingerprint density at radius 2 is 2.24 bits per heavy atom. The summed E-state index contributed by atoms with van der Waals surface area (Å²) in [5, 5.41) is 9.67. The number of aromatic nitrogens is 1. The Bertz CT molecular complexity index is 347. The molecule has 0 radical (unpaired) electrons. The maximum Gasteiger partial charge on any atom is 0.147 e. The summed E-state index contributed by atoms with van der Waals surface area (Å²) in [6, 6.07) is 1.82. The zero-order chi connectivity index (χ0) is 12.7. The van der Waals surface area contributed by atoms with Gasteiger partial charge in [-0.25, -0.2) is 4.98 Å². The van der Waals surface area contributed by atoms with Crippen molar-refractivity contribution in [2.45, 2.75) is 26.3 Å². The second-order valence-corrected chi connectivity index (χ2v) is 4.25. The Morgan fingerprint density at radius 1 is 1.47 bits per heavy atom. The van der Waals surface area contributed by atoms with Gasteiger partial charge in [-0.15, -0.1) is 0 Å². The van der Waals surface area contributed by atoms with Crippen LogP contribution in [0.1, 0.15) is 25.3 Å². The molecule has 0 unspecified atom stereocenters. The van der Waals surface area contributed by atoms with Crippen molar-refractivity contribution in [2.24, 2.45) is 5.73 Å². The van der Waals surface area contributed by atoms with Crippen LogP contribution in [0, 0.1) is 0 Å². The van der Waals surface area contributed by atoms with Gasteiger partial charge < -0.3 is 15.7 Å². The van der Waals surface area contributed by atoms with Crippen LogP contribution in [0.25, 0.3) is 0 Å². The van der Waals surface area contributed by atoms with Crippen LogP contribution in [0.5, 0.6) is 0 Å². The van der Waals surface area contributed by atoms with Gasteiger partial charge >= 0.3 is 0 Å². The highest BCUT2D eigenvalue weighted by molar-refractivity contribution is 6.33. The molecule has 0 bridgehead atoms. The summed E-state index contributed by atoms with van der Waals surface area (Å²) in [5.74, 6) is 0.720. The molecule has 1 aromatic rings. The van der Waals surface area contributed by atoms with E-state index < -0.39 is 0 Å². The summed E-state index contributed by atoms with van der Waals surface area (Å²) in [7, 11) is 0. The third-order valence-corrected chi connectivity index (χ3v) is 3.03. The van der Waals surface area contributed by atoms with Crippen molar-refractivity contribution in [2.75, 3.05) is 24.6 Å². The molecule has 1 rings (SSSR count). The van der Waals surface area contributed by atoms with Crippen LogP contribution in [0.15, 0.2) is 12.3 Å². The molecule has 3 N–H and O–H groups in total. The molecule has 0 atom stereocenters. The van der Waals surface area contributed by atoms with Crippen LogP contribution in [0.4, 0.5) is 5.82 Å². The molecule has 1 heterocycles. The maximum absolute atomic E-state index is 9.08. The lowest BCUT2D eigenvalue weighted by Gasteiger charge is -2.24. The van der Waals surface area contributed by atoms with E-state index in [1.807, 2.05) is 11.0 Å². The van der Waals surface area contributed by atoms with Gasteiger partial charge in [0, 0.05) is 25.8 Å². The molecule has 1 aromatic heterocycles. The average Bonchev–Trinajstić information content (AvgIpc) is 2.35. The van der Waals surface area contributed by atoms with E-state index in [-0.39, 0.29) is 6.61 Å². The molecule has 0 amide bonds. The first-order valence-corrected chi connectivity index (χ1v) is 6.31. The van der Waals surface area contributed by atoms with Gasteiger partial charge in [0.1, 0.15) is 5.82 Å². The summed E-state index contributed by atoms with van der Waals surface area (Å²) in [6.07, 6.45) is 3.85. The first kappa shape index (κ1) is 14.2. The van der Waals surface area contributed by atoms with Gasteiger partial charge in [0.05, 0.1) is 11.6 Å². The van der Waals surface area contributed by atoms with Gasteiger partial charge in [-0.05, 0) is 18.1 Å². The SMILES string of the molecule is CCCCN(CCO)c1nccc(CN)c1Cl. The molecule has 0 saturated carbocycles. The third-order valence-electron chi connectivity index (χ3n) is 2.62. The molecular weight excluding hydrogens is 238 g/mol. The smallest absolute Gasteiger partial charge is 0.147 e. The van der Waals surface area contributed by atoms with E-state index in [1.54, 1.807) is 6.20 Å². The number of halogens is 1. The Hall–Kier alpha value is -0.840. The molecule has 0 fully saturated rings. The molecule has 0 aliphatic heterocycles. The maximum atomic E-state index is 9.08. The fourth-order valence-corrected chi connectivity index (χ4v) is 1.95. The zero-order valence-corrected chi connectivity index (χ0v) is 11.0. The van der Waals surface area contributed by atoms with E-state index in [4.69, 9.17) is 22.4 Å². The molecule has 4 nitrogen and oxygen atoms in total. The van der Waals surface area contributed by atoms with Crippen molar-refractivity contribution in [3.05, 3.63) is 22.8 Å². The van der Waals surface area contributed by atoms with Crippen LogP contribution >= 0.6 is 11.6 Å². The highest BCUT2D eigenvalue weighted by Crippen LogP contribution is 2.26. The van der Waals surface area contributed by atoms with Crippen LogP contribution in [-0.2, 0) is 6.54 Å². The van der Waals surface area contributed by atoms with Gasteiger partial charge in [-0.2, -0.15) is 0 Å². The van der Waals surface area contributed by atoms with Crippen molar-refractivity contribution in [1.82, 2.24) is 4.98 Å². The summed E-state index contributed by atoms with van der Waals surface area (Å²) >= 11 is 6.25. The van der Waals surface area contributed by atoms with Crippen molar-refractivity contribution in [3.8, 4) is 0 Å². The molecule has 17 heavy (non-hydrogen) atoms. The average molecular weight is 258 g/mol. The van der Waals surface area contributed by atoms with Gasteiger partial charge in [0.25, 0.3) is 0 Å². The standard InChI is InChI=1S/C12H20ClN3O/c1-2-3-6-16(7-8-17)12-11(13)10(9-14)4-5-15-12/h4-5,17H,2-3,6-9,14H2,1H3. The van der Waals surface area contributed by atoms with Gasteiger partial charge in [0.2, 0.25) is 0 Å². The predicted molar refractivity (Wildman–Crippen MR) is 71.3 cm³/mol. The number of nitrogens with zero attached hydrogens (tertiary/aromatic N) is 2. The second-order valence-electron chi connectivity index (χ2n) is 3.88. The number of unbranched alkanes of at least 4 members (excludes halogenated alkanes) is 1. The van der Waals surface area contributed by atoms with Gasteiger partial charge in [-0.1, -0.05) is 24.9 Å². The lowest BCUT2D eigenvalue weighted by atomic mass is 10.2. The lowest BCUT2D eigenvalue weighted by Crippen LogP contribution is -2.29. The molecule has 96 valence electrons. The van der Waals surface area contributed by atoms with E-state index >= 15 is 0 Å². The van der Waals surface area contributed by atoms with Crippen molar-refractivity contribution >= 4 is 17.4 Å². The van der Waals surface area contributed by atoms with Crippen molar-refractivity contribution < 1.29 is 5.11 Å². The molecule has 0 saturated heterocycles. The molecule has 0 aromatic carbocycles. The van der Waals surface area contributed by atoms with Crippen LogP contribution in [0.3, 0.4) is 0 Å². The van der Waals surface area contributed by atoms with Crippen LogP contribution in [0.2, 0.25) is 5.02 Å². The Balaban J connectivity index is 2.92. The van der Waals surface area contributed by atoms with Crippen molar-refractivity contribution in [3.63, 3.8) is 0 Å². The van der Waals surface area contributed by atoms with Gasteiger partial charge in [0.15, 0.2) is 0 Å². The fraction of sp³-hybridized carbons (Fsp3) is 0.583. The molecule has 0 aliphatic carbocycles. The number of pyridine rings is 1. The lowest BCUT2D eigenvalue weighted by molar-refractivity contribution is 0.301. The Labute approximate surface area is 107 Å². The minimum Gasteiger partial charge on any atom is -0.395 e. The minimum atomic E-state index is 0.0918. The predicted octanol–water partition coefficient (Wildman–Crippen LogP) is 1.79. The third kappa shape index (κ3) is 3.84. The number of anilines is 1. The molecule has 5 heteroatoms. The Morgan fingerprint density at radius 3 is 2.82 bits per heavy atom. The first-order chi connectivity index (χ1) is 8.24. The van der Waals surface area contributed by atoms with E-state index in [0.29, 0.717) is 18.1 Å². The van der Waals surface area contributed by atoms with E-state index in [1.165, 1.54) is 0 Å². The first-order valence-electron chi connectivity index (χ1n) is 5.93. The molecule has 0 aliphatic rings. The van der Waals surface area contributed by atoms with Crippen LogP contribution < -0.4 is 10.6 Å². The minimum absolute atomic E-state index is 0.0918. The van der Waals surface area contributed by atoms with Crippen molar-refractivity contribution in [1.29, 1.82) is 0 Å². The largest absolute Gasteiger partial charge is 0.395 e. The quantitative estimate of drug-likeness (QED) is 0.782. The topological polar surface area (TPSA) is 62.4 Å². The Kier molecular flexibility index (Phi) is 6.26.